The van der Waals surface area contributed by atoms with E-state index in [9.17, 15) is 0 Å². The van der Waals surface area contributed by atoms with Crippen LogP contribution in [0.5, 0.6) is 0 Å². The van der Waals surface area contributed by atoms with E-state index in [1.165, 1.54) is 5.54 Å². The first-order valence-corrected chi connectivity index (χ1v) is 5.27. The Morgan fingerprint density at radius 2 is 2.00 bits per heavy atom. The second-order valence-electron chi connectivity index (χ2n) is 2.42. The molecule has 1 aromatic carbocycles. The molecule has 0 atom stereocenters. The molecule has 0 fully saturated rings. The quantitative estimate of drug-likeness (QED) is 0.876. The zero-order chi connectivity index (χ0) is 9.68. The van der Waals surface area contributed by atoms with Crippen molar-refractivity contribution in [2.24, 2.45) is 0 Å². The van der Waals surface area contributed by atoms with Crippen LogP contribution in [0.4, 0.5) is 5.69 Å². The van der Waals surface area contributed by atoms with Gasteiger partial charge in [-0.15, -0.1) is 0 Å². The SMILES string of the molecule is ClC=C(Cl)CNc1ccc(Br)cc1. The third-order valence-corrected chi connectivity index (χ3v) is 2.57. The van der Waals surface area contributed by atoms with E-state index in [1.54, 1.807) is 0 Å². The Morgan fingerprint density at radius 1 is 1.38 bits per heavy atom. The summed E-state index contributed by atoms with van der Waals surface area (Å²) in [5.74, 6) is 0. The fourth-order valence-electron chi connectivity index (χ4n) is 0.793. The predicted octanol–water partition coefficient (Wildman–Crippen LogP) is 4.18. The minimum absolute atomic E-state index is 0.548. The lowest BCUT2D eigenvalue weighted by Gasteiger charge is -2.04. The smallest absolute Gasteiger partial charge is 0.0516 e. The predicted molar refractivity (Wildman–Crippen MR) is 62.4 cm³/mol. The van der Waals surface area contributed by atoms with Crippen LogP contribution in [0.2, 0.25) is 0 Å². The van der Waals surface area contributed by atoms with Crippen molar-refractivity contribution in [3.8, 4) is 0 Å². The molecule has 1 rings (SSSR count). The summed E-state index contributed by atoms with van der Waals surface area (Å²) < 4.78 is 1.05. The highest BCUT2D eigenvalue weighted by molar-refractivity contribution is 9.10. The van der Waals surface area contributed by atoms with Crippen molar-refractivity contribution in [3.05, 3.63) is 39.3 Å². The highest BCUT2D eigenvalue weighted by Gasteiger charge is 1.93. The molecule has 70 valence electrons. The number of rotatable bonds is 3. The molecule has 0 unspecified atom stereocenters. The van der Waals surface area contributed by atoms with E-state index in [1.807, 2.05) is 24.3 Å². The van der Waals surface area contributed by atoms with Gasteiger partial charge in [0.05, 0.1) is 6.54 Å². The molecule has 0 aromatic heterocycles. The zero-order valence-corrected chi connectivity index (χ0v) is 9.83. The van der Waals surface area contributed by atoms with Crippen LogP contribution in [0.1, 0.15) is 0 Å². The first kappa shape index (κ1) is 10.9. The summed E-state index contributed by atoms with van der Waals surface area (Å²) >= 11 is 14.5. The van der Waals surface area contributed by atoms with Crippen LogP contribution in [-0.4, -0.2) is 6.54 Å². The monoisotopic (exact) mass is 279 g/mol. The second kappa shape index (κ2) is 5.53. The molecule has 0 aliphatic carbocycles. The second-order valence-corrected chi connectivity index (χ2v) is 4.04. The summed E-state index contributed by atoms with van der Waals surface area (Å²) in [7, 11) is 0. The van der Waals surface area contributed by atoms with Crippen molar-refractivity contribution in [1.82, 2.24) is 0 Å². The highest BCUT2D eigenvalue weighted by Crippen LogP contribution is 2.14. The number of hydrogen-bond donors (Lipinski definition) is 1. The van der Waals surface area contributed by atoms with Gasteiger partial charge in [-0.05, 0) is 24.3 Å². The van der Waals surface area contributed by atoms with Gasteiger partial charge in [-0.2, -0.15) is 0 Å². The zero-order valence-electron chi connectivity index (χ0n) is 6.73. The molecule has 0 amide bonds. The molecule has 0 aliphatic heterocycles. The fourth-order valence-corrected chi connectivity index (χ4v) is 1.20. The molecular formula is C9H8BrCl2N. The maximum Gasteiger partial charge on any atom is 0.0516 e. The van der Waals surface area contributed by atoms with Crippen molar-refractivity contribution < 1.29 is 0 Å². The molecule has 1 nitrogen and oxygen atoms in total. The van der Waals surface area contributed by atoms with E-state index in [-0.39, 0.29) is 0 Å². The van der Waals surface area contributed by atoms with Crippen molar-refractivity contribution in [2.45, 2.75) is 0 Å². The van der Waals surface area contributed by atoms with Gasteiger partial charge >= 0.3 is 0 Å². The molecule has 13 heavy (non-hydrogen) atoms. The lowest BCUT2D eigenvalue weighted by molar-refractivity contribution is 1.31. The van der Waals surface area contributed by atoms with Crippen LogP contribution in [0.25, 0.3) is 0 Å². The molecule has 4 heteroatoms. The van der Waals surface area contributed by atoms with Crippen molar-refractivity contribution in [1.29, 1.82) is 0 Å². The van der Waals surface area contributed by atoms with Gasteiger partial charge < -0.3 is 5.32 Å². The molecular weight excluding hydrogens is 273 g/mol. The Morgan fingerprint density at radius 3 is 2.54 bits per heavy atom. The van der Waals surface area contributed by atoms with Gasteiger partial charge in [-0.3, -0.25) is 0 Å². The standard InChI is InChI=1S/C9H8BrCl2N/c10-7-1-3-9(4-2-7)13-6-8(12)5-11/h1-5,13H,6H2. The van der Waals surface area contributed by atoms with Crippen LogP contribution in [0.15, 0.2) is 39.3 Å². The minimum atomic E-state index is 0.548. The Kier molecular flexibility index (Phi) is 4.64. The molecule has 0 radical (unpaired) electrons. The summed E-state index contributed by atoms with van der Waals surface area (Å²) in [5, 5.41) is 3.70. The lowest BCUT2D eigenvalue weighted by Crippen LogP contribution is -2.00. The molecule has 0 aliphatic rings. The Balaban J connectivity index is 2.51. The van der Waals surface area contributed by atoms with Crippen molar-refractivity contribution >= 4 is 44.8 Å². The fraction of sp³-hybridized carbons (Fsp3) is 0.111. The van der Waals surface area contributed by atoms with Gasteiger partial charge in [-0.25, -0.2) is 0 Å². The summed E-state index contributed by atoms with van der Waals surface area (Å²) in [6.07, 6.45) is 0. The largest absolute Gasteiger partial charge is 0.380 e. The maximum absolute atomic E-state index is 5.70. The molecule has 0 saturated carbocycles. The Labute approximate surface area is 95.9 Å². The number of halogens is 3. The topological polar surface area (TPSA) is 12.0 Å². The number of nitrogens with one attached hydrogen (secondary N) is 1. The molecule has 0 saturated heterocycles. The first-order chi connectivity index (χ1) is 6.22. The lowest BCUT2D eigenvalue weighted by atomic mass is 10.3. The van der Waals surface area contributed by atoms with Crippen molar-refractivity contribution in [3.63, 3.8) is 0 Å². The molecule has 1 N–H and O–H groups in total. The molecule has 1 aromatic rings. The molecule has 0 bridgehead atoms. The van der Waals surface area contributed by atoms with Crippen molar-refractivity contribution in [2.75, 3.05) is 11.9 Å². The van der Waals surface area contributed by atoms with Gasteiger partial charge in [0.1, 0.15) is 0 Å². The van der Waals surface area contributed by atoms with E-state index in [0.29, 0.717) is 11.6 Å². The summed E-state index contributed by atoms with van der Waals surface area (Å²) in [6, 6.07) is 7.84. The summed E-state index contributed by atoms with van der Waals surface area (Å²) in [6.45, 7) is 0.548. The van der Waals surface area contributed by atoms with E-state index in [2.05, 4.69) is 21.2 Å². The Bertz CT molecular complexity index is 295. The van der Waals surface area contributed by atoms with Crippen LogP contribution in [-0.2, 0) is 0 Å². The van der Waals surface area contributed by atoms with Crippen LogP contribution in [0, 0.1) is 0 Å². The van der Waals surface area contributed by atoms with Gasteiger partial charge in [0, 0.05) is 20.7 Å². The molecule has 0 spiro atoms. The van der Waals surface area contributed by atoms with E-state index >= 15 is 0 Å². The average Bonchev–Trinajstić information content (AvgIpc) is 2.16. The summed E-state index contributed by atoms with van der Waals surface area (Å²) in [4.78, 5) is 0. The number of anilines is 1. The third kappa shape index (κ3) is 4.03. The van der Waals surface area contributed by atoms with E-state index in [0.717, 1.165) is 10.2 Å². The first-order valence-electron chi connectivity index (χ1n) is 3.66. The average molecular weight is 281 g/mol. The van der Waals surface area contributed by atoms with Crippen LogP contribution >= 0.6 is 39.1 Å². The maximum atomic E-state index is 5.70. The Hall–Kier alpha value is -0.180. The number of hydrogen-bond acceptors (Lipinski definition) is 1. The van der Waals surface area contributed by atoms with E-state index < -0.39 is 0 Å². The minimum Gasteiger partial charge on any atom is -0.380 e. The molecule has 0 heterocycles. The number of benzene rings is 1. The van der Waals surface area contributed by atoms with Crippen LogP contribution in [0.3, 0.4) is 0 Å². The van der Waals surface area contributed by atoms with Gasteiger partial charge in [0.25, 0.3) is 0 Å². The van der Waals surface area contributed by atoms with Crippen LogP contribution < -0.4 is 5.32 Å². The normalized spacial score (nSPS) is 11.5. The summed E-state index contributed by atoms with van der Waals surface area (Å²) in [5.41, 5.74) is 2.37. The highest BCUT2D eigenvalue weighted by atomic mass is 79.9. The third-order valence-electron chi connectivity index (χ3n) is 1.42. The van der Waals surface area contributed by atoms with Gasteiger partial charge in [0.15, 0.2) is 0 Å². The van der Waals surface area contributed by atoms with E-state index in [4.69, 9.17) is 23.2 Å². The van der Waals surface area contributed by atoms with Gasteiger partial charge in [-0.1, -0.05) is 39.1 Å². The van der Waals surface area contributed by atoms with Gasteiger partial charge in [0.2, 0.25) is 0 Å².